The third-order valence-electron chi connectivity index (χ3n) is 3.01. The summed E-state index contributed by atoms with van der Waals surface area (Å²) in [5.41, 5.74) is 0. The van der Waals surface area contributed by atoms with Crippen molar-refractivity contribution in [3.63, 3.8) is 0 Å². The van der Waals surface area contributed by atoms with Gasteiger partial charge in [-0.2, -0.15) is 0 Å². The normalized spacial score (nSPS) is 25.4. The molecule has 102 valence electrons. The molecule has 18 heavy (non-hydrogen) atoms. The Hall–Kier alpha value is -1.59. The summed E-state index contributed by atoms with van der Waals surface area (Å²) in [4.78, 5) is 32.8. The maximum Gasteiger partial charge on any atom is 0.328 e. The minimum absolute atomic E-state index is 0.0864. The zero-order chi connectivity index (χ0) is 13.7. The molecule has 6 nitrogen and oxygen atoms in total. The van der Waals surface area contributed by atoms with Crippen molar-refractivity contribution in [1.29, 1.82) is 0 Å². The third kappa shape index (κ3) is 3.45. The van der Waals surface area contributed by atoms with Crippen LogP contribution in [0.4, 0.5) is 0 Å². The van der Waals surface area contributed by atoms with Gasteiger partial charge in [0.1, 0.15) is 18.2 Å². The second-order valence-electron chi connectivity index (χ2n) is 4.48. The lowest BCUT2D eigenvalue weighted by molar-refractivity contribution is -0.189. The van der Waals surface area contributed by atoms with E-state index in [2.05, 4.69) is 5.32 Å². The van der Waals surface area contributed by atoms with Crippen LogP contribution in [0.5, 0.6) is 0 Å². The standard InChI is InChI=1S/C12H19NO5/c1-4-9-10(18-12(9)16)5-7(2)17-11(15)8(3)13-6-14/h6-10H,4-5H2,1-3H3,(H,13,14)/t7-,8-,9-,10-/m0/s1. The molecular formula is C12H19NO5. The van der Waals surface area contributed by atoms with Gasteiger partial charge in [0.25, 0.3) is 0 Å². The number of ether oxygens (including phenoxy) is 2. The van der Waals surface area contributed by atoms with E-state index in [0.29, 0.717) is 12.8 Å². The van der Waals surface area contributed by atoms with Crippen LogP contribution >= 0.6 is 0 Å². The summed E-state index contributed by atoms with van der Waals surface area (Å²) in [6.45, 7) is 5.21. The van der Waals surface area contributed by atoms with Crippen LogP contribution < -0.4 is 5.32 Å². The molecule has 1 amide bonds. The van der Waals surface area contributed by atoms with Crippen molar-refractivity contribution in [1.82, 2.24) is 5.32 Å². The van der Waals surface area contributed by atoms with Crippen molar-refractivity contribution in [2.45, 2.75) is 51.9 Å². The first kappa shape index (κ1) is 14.5. The lowest BCUT2D eigenvalue weighted by Crippen LogP contribution is -2.47. The highest BCUT2D eigenvalue weighted by molar-refractivity contribution is 5.79. The molecule has 0 aromatic carbocycles. The van der Waals surface area contributed by atoms with Crippen LogP contribution in [0.25, 0.3) is 0 Å². The fourth-order valence-electron chi connectivity index (χ4n) is 1.89. The Kier molecular flexibility index (Phi) is 5.12. The molecule has 1 aliphatic rings. The molecule has 0 aromatic rings. The molecule has 1 saturated heterocycles. The average molecular weight is 257 g/mol. The highest BCUT2D eigenvalue weighted by Gasteiger charge is 2.41. The Morgan fingerprint density at radius 1 is 1.56 bits per heavy atom. The van der Waals surface area contributed by atoms with Crippen molar-refractivity contribution < 1.29 is 23.9 Å². The van der Waals surface area contributed by atoms with Crippen LogP contribution in [0.3, 0.4) is 0 Å². The monoisotopic (exact) mass is 257 g/mol. The van der Waals surface area contributed by atoms with Crippen LogP contribution in [0.1, 0.15) is 33.6 Å². The molecule has 0 aromatic heterocycles. The number of cyclic esters (lactones) is 1. The Morgan fingerprint density at radius 3 is 2.72 bits per heavy atom. The number of carbonyl (C=O) groups excluding carboxylic acids is 3. The van der Waals surface area contributed by atoms with Crippen molar-refractivity contribution >= 4 is 18.3 Å². The number of hydrogen-bond donors (Lipinski definition) is 1. The number of carbonyl (C=O) groups is 3. The Labute approximate surface area is 106 Å². The van der Waals surface area contributed by atoms with Crippen molar-refractivity contribution in [3.05, 3.63) is 0 Å². The quantitative estimate of drug-likeness (QED) is 0.527. The molecule has 0 radical (unpaired) electrons. The van der Waals surface area contributed by atoms with Gasteiger partial charge in [-0.1, -0.05) is 6.92 Å². The van der Waals surface area contributed by atoms with Gasteiger partial charge in [-0.05, 0) is 20.3 Å². The van der Waals surface area contributed by atoms with Gasteiger partial charge in [-0.15, -0.1) is 0 Å². The molecule has 0 unspecified atom stereocenters. The number of rotatable bonds is 7. The Balaban J connectivity index is 2.33. The van der Waals surface area contributed by atoms with Crippen LogP contribution in [0.2, 0.25) is 0 Å². The zero-order valence-electron chi connectivity index (χ0n) is 10.8. The third-order valence-corrected chi connectivity index (χ3v) is 3.01. The van der Waals surface area contributed by atoms with E-state index >= 15 is 0 Å². The van der Waals surface area contributed by atoms with Crippen molar-refractivity contribution in [2.24, 2.45) is 5.92 Å². The minimum atomic E-state index is -0.670. The zero-order valence-corrected chi connectivity index (χ0v) is 10.8. The average Bonchev–Trinajstić information content (AvgIpc) is 2.28. The van der Waals surface area contributed by atoms with Gasteiger partial charge < -0.3 is 14.8 Å². The van der Waals surface area contributed by atoms with Gasteiger partial charge in [-0.25, -0.2) is 4.79 Å². The van der Waals surface area contributed by atoms with E-state index in [1.165, 1.54) is 0 Å². The summed E-state index contributed by atoms with van der Waals surface area (Å²) in [6, 6.07) is -0.670. The van der Waals surface area contributed by atoms with Gasteiger partial charge in [0.15, 0.2) is 0 Å². The summed E-state index contributed by atoms with van der Waals surface area (Å²) in [6.07, 6.45) is 1.16. The summed E-state index contributed by atoms with van der Waals surface area (Å²) >= 11 is 0. The second-order valence-corrected chi connectivity index (χ2v) is 4.48. The van der Waals surface area contributed by atoms with E-state index in [4.69, 9.17) is 9.47 Å². The molecule has 4 atom stereocenters. The first-order valence-electron chi connectivity index (χ1n) is 6.10. The molecule has 1 N–H and O–H groups in total. The summed E-state index contributed by atoms with van der Waals surface area (Å²) in [5.74, 6) is -0.762. The van der Waals surface area contributed by atoms with E-state index in [1.807, 2.05) is 6.92 Å². The van der Waals surface area contributed by atoms with Gasteiger partial charge in [-0.3, -0.25) is 9.59 Å². The Bertz CT molecular complexity index is 330. The van der Waals surface area contributed by atoms with E-state index in [1.54, 1.807) is 13.8 Å². The highest BCUT2D eigenvalue weighted by atomic mass is 16.6. The highest BCUT2D eigenvalue weighted by Crippen LogP contribution is 2.29. The summed E-state index contributed by atoms with van der Waals surface area (Å²) < 4.78 is 10.1. The first-order valence-corrected chi connectivity index (χ1v) is 6.10. The lowest BCUT2D eigenvalue weighted by Gasteiger charge is -2.35. The van der Waals surface area contributed by atoms with Gasteiger partial charge in [0.05, 0.1) is 5.92 Å². The maximum atomic E-state index is 11.5. The molecule has 6 heteroatoms. The SMILES string of the molecule is CC[C@@H]1C(=O)O[C@H]1C[C@H](C)OC(=O)[C@H](C)NC=O. The summed E-state index contributed by atoms with van der Waals surface area (Å²) in [7, 11) is 0. The largest absolute Gasteiger partial charge is 0.461 e. The maximum absolute atomic E-state index is 11.5. The van der Waals surface area contributed by atoms with Crippen molar-refractivity contribution in [2.75, 3.05) is 0 Å². The molecule has 0 aliphatic carbocycles. The van der Waals surface area contributed by atoms with Crippen molar-refractivity contribution in [3.8, 4) is 0 Å². The number of hydrogen-bond acceptors (Lipinski definition) is 5. The fourth-order valence-corrected chi connectivity index (χ4v) is 1.89. The lowest BCUT2D eigenvalue weighted by atomic mass is 9.90. The van der Waals surface area contributed by atoms with E-state index < -0.39 is 12.0 Å². The predicted molar refractivity (Wildman–Crippen MR) is 62.5 cm³/mol. The topological polar surface area (TPSA) is 81.7 Å². The van der Waals surface area contributed by atoms with E-state index in [-0.39, 0.29) is 24.1 Å². The fraction of sp³-hybridized carbons (Fsp3) is 0.750. The molecule has 1 heterocycles. The van der Waals surface area contributed by atoms with E-state index in [0.717, 1.165) is 6.42 Å². The van der Waals surface area contributed by atoms with Crippen LogP contribution in [0, 0.1) is 5.92 Å². The summed E-state index contributed by atoms with van der Waals surface area (Å²) in [5, 5.41) is 2.32. The molecule has 0 spiro atoms. The van der Waals surface area contributed by atoms with E-state index in [9.17, 15) is 14.4 Å². The molecule has 1 aliphatic heterocycles. The van der Waals surface area contributed by atoms with Crippen LogP contribution in [0.15, 0.2) is 0 Å². The molecule has 1 fully saturated rings. The van der Waals surface area contributed by atoms with Gasteiger partial charge in [0, 0.05) is 6.42 Å². The predicted octanol–water partition coefficient (Wildman–Crippen LogP) is 0.394. The molecular weight excluding hydrogens is 238 g/mol. The number of amides is 1. The smallest absolute Gasteiger partial charge is 0.328 e. The number of esters is 2. The van der Waals surface area contributed by atoms with Crippen LogP contribution in [-0.2, 0) is 23.9 Å². The molecule has 0 saturated carbocycles. The van der Waals surface area contributed by atoms with Gasteiger partial charge >= 0.3 is 11.9 Å². The first-order chi connectivity index (χ1) is 8.49. The molecule has 1 rings (SSSR count). The number of nitrogens with one attached hydrogen (secondary N) is 1. The molecule has 0 bridgehead atoms. The van der Waals surface area contributed by atoms with Gasteiger partial charge in [0.2, 0.25) is 6.41 Å². The Morgan fingerprint density at radius 2 is 2.22 bits per heavy atom. The second kappa shape index (κ2) is 6.37. The minimum Gasteiger partial charge on any atom is -0.461 e. The van der Waals surface area contributed by atoms with Crippen LogP contribution in [-0.4, -0.2) is 36.6 Å².